The number of phosphoric ester groups is 1. The van der Waals surface area contributed by atoms with Crippen LogP contribution >= 0.6 is 23.5 Å². The predicted molar refractivity (Wildman–Crippen MR) is 103 cm³/mol. The van der Waals surface area contributed by atoms with Crippen molar-refractivity contribution in [2.75, 3.05) is 6.61 Å². The monoisotopic (exact) mass is 517 g/mol. The number of nitrogens with one attached hydrogen (secondary N) is 1. The van der Waals surface area contributed by atoms with E-state index in [4.69, 9.17) is 9.79 Å². The number of aryl methyl sites for hydroxylation is 1. The second-order valence-corrected chi connectivity index (χ2v) is 11.1. The third kappa shape index (κ3) is 5.79. The van der Waals surface area contributed by atoms with Crippen LogP contribution in [0.25, 0.3) is 0 Å². The van der Waals surface area contributed by atoms with Gasteiger partial charge in [-0.3, -0.25) is 18.9 Å². The summed E-state index contributed by atoms with van der Waals surface area (Å²) in [5.41, 5.74) is -3.66. The lowest BCUT2D eigenvalue weighted by Crippen LogP contribution is -2.35. The molecule has 6 N–H and O–H groups in total. The maximum absolute atomic E-state index is 12.1. The molecular formula is C13H18N3O13P3. The van der Waals surface area contributed by atoms with Crippen LogP contribution in [0.5, 0.6) is 0 Å². The van der Waals surface area contributed by atoms with E-state index in [1.165, 1.54) is 13.1 Å². The normalized spacial score (nSPS) is 27.5. The molecule has 19 heteroatoms. The Hall–Kier alpha value is -1.72. The van der Waals surface area contributed by atoms with E-state index in [-0.39, 0.29) is 17.6 Å². The van der Waals surface area contributed by atoms with Crippen LogP contribution in [0.3, 0.4) is 0 Å². The second kappa shape index (κ2) is 8.90. The van der Waals surface area contributed by atoms with Crippen molar-refractivity contribution < 1.29 is 51.5 Å². The van der Waals surface area contributed by atoms with Crippen LogP contribution in [0, 0.1) is 23.7 Å². The summed E-state index contributed by atoms with van der Waals surface area (Å²) in [7, 11) is -17.0. The summed E-state index contributed by atoms with van der Waals surface area (Å²) in [5, 5.41) is 20.1. The van der Waals surface area contributed by atoms with Crippen LogP contribution in [-0.4, -0.2) is 46.9 Å². The second-order valence-electron chi connectivity index (χ2n) is 6.72. The molecule has 1 aromatic heterocycles. The minimum absolute atomic E-state index is 0.134. The van der Waals surface area contributed by atoms with Gasteiger partial charge in [-0.05, 0) is 12.5 Å². The number of aliphatic hydroxyl groups excluding tert-OH is 1. The molecule has 0 spiro atoms. The highest BCUT2D eigenvalue weighted by molar-refractivity contribution is 7.66. The summed E-state index contributed by atoms with van der Waals surface area (Å²) < 4.78 is 46.7. The average molecular weight is 517 g/mol. The summed E-state index contributed by atoms with van der Waals surface area (Å²) in [6, 6.07) is 0.615. The minimum atomic E-state index is -5.78. The topological polar surface area (TPSA) is 259 Å². The number of aromatic nitrogens is 2. The smallest absolute Gasteiger partial charge is 0.391 e. The van der Waals surface area contributed by atoms with E-state index in [1.807, 2.05) is 4.98 Å². The molecule has 1 aromatic rings. The molecular weight excluding hydrogens is 499 g/mol. The summed E-state index contributed by atoms with van der Waals surface area (Å²) >= 11 is 0. The Kier molecular flexibility index (Phi) is 7.38. The molecule has 0 saturated heterocycles. The van der Waals surface area contributed by atoms with Gasteiger partial charge in [-0.15, -0.1) is 0 Å². The lowest BCUT2D eigenvalue weighted by Gasteiger charge is -2.27. The maximum Gasteiger partial charge on any atom is 0.490 e. The lowest BCUT2D eigenvalue weighted by atomic mass is 9.83. The van der Waals surface area contributed by atoms with Crippen molar-refractivity contribution in [2.45, 2.75) is 25.5 Å². The molecule has 0 bridgehead atoms. The van der Waals surface area contributed by atoms with Crippen molar-refractivity contribution in [2.24, 2.45) is 5.41 Å². The molecule has 0 radical (unpaired) electrons. The zero-order valence-corrected chi connectivity index (χ0v) is 18.8. The van der Waals surface area contributed by atoms with E-state index in [1.54, 1.807) is 6.07 Å². The van der Waals surface area contributed by atoms with Gasteiger partial charge in [-0.1, -0.05) is 6.58 Å². The molecule has 1 aliphatic carbocycles. The van der Waals surface area contributed by atoms with E-state index in [9.17, 15) is 43.4 Å². The van der Waals surface area contributed by atoms with Crippen LogP contribution in [-0.2, 0) is 26.8 Å². The number of nitriles is 1. The van der Waals surface area contributed by atoms with Gasteiger partial charge in [0, 0.05) is 18.2 Å². The van der Waals surface area contributed by atoms with Gasteiger partial charge in [0.2, 0.25) is 0 Å². The average Bonchev–Trinajstić information content (AvgIpc) is 2.84. The molecule has 0 aromatic carbocycles. The van der Waals surface area contributed by atoms with Crippen molar-refractivity contribution in [3.8, 4) is 6.07 Å². The van der Waals surface area contributed by atoms with Gasteiger partial charge in [0.15, 0.2) is 0 Å². The molecule has 1 heterocycles. The third-order valence-electron chi connectivity index (χ3n) is 4.54. The summed E-state index contributed by atoms with van der Waals surface area (Å²) in [5.74, 6) is 0. The van der Waals surface area contributed by atoms with Gasteiger partial charge in [-0.2, -0.15) is 13.9 Å². The van der Waals surface area contributed by atoms with Gasteiger partial charge in [-0.25, -0.2) is 18.5 Å². The van der Waals surface area contributed by atoms with E-state index >= 15 is 0 Å². The largest absolute Gasteiger partial charge is 0.490 e. The highest BCUT2D eigenvalue weighted by atomic mass is 31.3. The van der Waals surface area contributed by atoms with Gasteiger partial charge < -0.3 is 24.7 Å². The Morgan fingerprint density at radius 3 is 2.38 bits per heavy atom. The molecule has 0 aliphatic heterocycles. The van der Waals surface area contributed by atoms with Crippen molar-refractivity contribution >= 4 is 23.5 Å². The minimum Gasteiger partial charge on any atom is -0.391 e. The summed E-state index contributed by atoms with van der Waals surface area (Å²) in [6.07, 6.45) is -0.742. The fraction of sp³-hybridized carbons (Fsp3) is 0.462. The summed E-state index contributed by atoms with van der Waals surface area (Å²) in [4.78, 5) is 61.6. The maximum atomic E-state index is 12.1. The van der Waals surface area contributed by atoms with Crippen molar-refractivity contribution in [1.82, 2.24) is 9.55 Å². The first-order chi connectivity index (χ1) is 14.4. The number of rotatable bonds is 8. The van der Waals surface area contributed by atoms with Crippen LogP contribution in [0.15, 0.2) is 27.9 Å². The quantitative estimate of drug-likeness (QED) is 0.189. The van der Waals surface area contributed by atoms with Crippen molar-refractivity contribution in [3.63, 3.8) is 0 Å². The van der Waals surface area contributed by atoms with Crippen molar-refractivity contribution in [1.29, 1.82) is 5.26 Å². The lowest BCUT2D eigenvalue weighted by molar-refractivity contribution is 0.0581. The molecule has 2 unspecified atom stereocenters. The molecule has 0 amide bonds. The number of hydrogen-bond donors (Lipinski definition) is 6. The standard InChI is InChI=1S/C13H18N3O13P3/c1-7-4-16(12(19)15-11(7)18)9-3-10(17)13(5-14,8(9)2)6-27-31(23,24)29-32(25,26)28-30(20,21)22/h4,9-10,17H,2-3,6H2,1H3,(H,23,24)(H,25,26)(H,15,18,19)(H2,20,21,22)/t9-,10-,13-/m0/s1. The Morgan fingerprint density at radius 2 is 1.84 bits per heavy atom. The molecule has 5 atom stereocenters. The number of aromatic amines is 1. The van der Waals surface area contributed by atoms with Gasteiger partial charge in [0.05, 0.1) is 24.8 Å². The van der Waals surface area contributed by atoms with E-state index < -0.39 is 58.9 Å². The van der Waals surface area contributed by atoms with Crippen LogP contribution in [0.4, 0.5) is 0 Å². The van der Waals surface area contributed by atoms with Gasteiger partial charge in [0.1, 0.15) is 5.41 Å². The summed E-state index contributed by atoms with van der Waals surface area (Å²) in [6.45, 7) is 3.91. The Labute approximate surface area is 178 Å². The zero-order chi connectivity index (χ0) is 24.7. The first kappa shape index (κ1) is 26.5. The van der Waals surface area contributed by atoms with Crippen LogP contribution < -0.4 is 11.2 Å². The number of H-pyrrole nitrogens is 1. The van der Waals surface area contributed by atoms with Crippen LogP contribution in [0.2, 0.25) is 0 Å². The fourth-order valence-electron chi connectivity index (χ4n) is 3.02. The molecule has 1 aliphatic rings. The van der Waals surface area contributed by atoms with Gasteiger partial charge >= 0.3 is 29.2 Å². The fourth-order valence-corrected chi connectivity index (χ4v) is 6.08. The number of nitrogens with zero attached hydrogens (tertiary/aromatic N) is 2. The van der Waals surface area contributed by atoms with Crippen LogP contribution in [0.1, 0.15) is 18.0 Å². The Bertz CT molecular complexity index is 1230. The highest BCUT2D eigenvalue weighted by Gasteiger charge is 2.53. The Balaban J connectivity index is 2.29. The highest BCUT2D eigenvalue weighted by Crippen LogP contribution is 2.66. The third-order valence-corrected chi connectivity index (χ3v) is 8.33. The van der Waals surface area contributed by atoms with E-state index in [0.29, 0.717) is 0 Å². The van der Waals surface area contributed by atoms with Gasteiger partial charge in [0.25, 0.3) is 5.56 Å². The molecule has 1 fully saturated rings. The van der Waals surface area contributed by atoms with E-state index in [0.717, 1.165) is 4.57 Å². The number of aliphatic hydroxyl groups is 1. The first-order valence-electron chi connectivity index (χ1n) is 8.32. The zero-order valence-electron chi connectivity index (χ0n) is 16.1. The molecule has 16 nitrogen and oxygen atoms in total. The van der Waals surface area contributed by atoms with E-state index in [2.05, 4.69) is 19.7 Å². The molecule has 1 saturated carbocycles. The SMILES string of the molecule is C=C1[C@@H](n2cc(C)c(=O)[nH]c2=O)C[C@H](O)[C@@]1(C#N)COP(=O)(O)OP(=O)(O)OP(=O)(O)O. The molecule has 2 rings (SSSR count). The van der Waals surface area contributed by atoms with Crippen molar-refractivity contribution in [3.05, 3.63) is 44.8 Å². The predicted octanol–water partition coefficient (Wildman–Crippen LogP) is -0.440. The number of hydrogen-bond acceptors (Lipinski definition) is 10. The Morgan fingerprint density at radius 1 is 1.25 bits per heavy atom. The first-order valence-corrected chi connectivity index (χ1v) is 12.8. The number of phosphoric acid groups is 3. The molecule has 178 valence electrons. The molecule has 32 heavy (non-hydrogen) atoms.